The van der Waals surface area contributed by atoms with E-state index < -0.39 is 0 Å². The lowest BCUT2D eigenvalue weighted by Gasteiger charge is -2.10. The molecule has 0 radical (unpaired) electrons. The predicted octanol–water partition coefficient (Wildman–Crippen LogP) is 4.98. The van der Waals surface area contributed by atoms with E-state index in [-0.39, 0.29) is 11.6 Å². The number of rotatable bonds is 4. The molecule has 2 N–H and O–H groups in total. The molecule has 2 aromatic heterocycles. The molecule has 0 aliphatic carbocycles. The van der Waals surface area contributed by atoms with Gasteiger partial charge >= 0.3 is 0 Å². The van der Waals surface area contributed by atoms with Crippen molar-refractivity contribution in [2.24, 2.45) is 0 Å². The molecule has 0 bridgehead atoms. The van der Waals surface area contributed by atoms with Gasteiger partial charge in [0.05, 0.1) is 21.9 Å². The van der Waals surface area contributed by atoms with Gasteiger partial charge in [-0.05, 0) is 37.3 Å². The molecule has 0 saturated carbocycles. The van der Waals surface area contributed by atoms with Gasteiger partial charge in [-0.15, -0.1) is 0 Å². The highest BCUT2D eigenvalue weighted by molar-refractivity contribution is 6.33. The molecule has 2 heterocycles. The van der Waals surface area contributed by atoms with Crippen LogP contribution >= 0.6 is 11.6 Å². The highest BCUT2D eigenvalue weighted by atomic mass is 35.5. The minimum Gasteiger partial charge on any atom is -0.323 e. The SMILES string of the molecule is Cc1cc(C(=O)Nc2cccc3cccnc23)nc(Nc2ccccc2Cl)n1. The number of fused-ring (bicyclic) bond motifs is 1. The minimum absolute atomic E-state index is 0.245. The van der Waals surface area contributed by atoms with Crippen molar-refractivity contribution >= 4 is 45.7 Å². The third kappa shape index (κ3) is 3.77. The second-order valence-electron chi connectivity index (χ2n) is 6.16. The second-order valence-corrected chi connectivity index (χ2v) is 6.57. The van der Waals surface area contributed by atoms with E-state index in [1.807, 2.05) is 48.5 Å². The largest absolute Gasteiger partial charge is 0.323 e. The number of anilines is 3. The van der Waals surface area contributed by atoms with Crippen LogP contribution in [0.2, 0.25) is 5.02 Å². The molecule has 28 heavy (non-hydrogen) atoms. The highest BCUT2D eigenvalue weighted by Crippen LogP contribution is 2.24. The van der Waals surface area contributed by atoms with E-state index in [2.05, 4.69) is 25.6 Å². The number of hydrogen-bond acceptors (Lipinski definition) is 5. The average Bonchev–Trinajstić information content (AvgIpc) is 2.69. The maximum atomic E-state index is 12.8. The summed E-state index contributed by atoms with van der Waals surface area (Å²) in [5.74, 6) is -0.0415. The van der Waals surface area contributed by atoms with E-state index in [9.17, 15) is 4.79 Å². The number of nitrogens with one attached hydrogen (secondary N) is 2. The van der Waals surface area contributed by atoms with Crippen LogP contribution in [0.25, 0.3) is 10.9 Å². The maximum Gasteiger partial charge on any atom is 0.274 e. The Hall–Kier alpha value is -3.51. The van der Waals surface area contributed by atoms with Crippen molar-refractivity contribution in [3.8, 4) is 0 Å². The van der Waals surface area contributed by atoms with E-state index >= 15 is 0 Å². The van der Waals surface area contributed by atoms with Crippen LogP contribution < -0.4 is 10.6 Å². The Morgan fingerprint density at radius 3 is 2.61 bits per heavy atom. The molecule has 0 fully saturated rings. The predicted molar refractivity (Wildman–Crippen MR) is 111 cm³/mol. The van der Waals surface area contributed by atoms with E-state index in [4.69, 9.17) is 11.6 Å². The van der Waals surface area contributed by atoms with Gasteiger partial charge in [-0.2, -0.15) is 0 Å². The topological polar surface area (TPSA) is 79.8 Å². The van der Waals surface area contributed by atoms with Gasteiger partial charge in [0, 0.05) is 17.3 Å². The Morgan fingerprint density at radius 1 is 0.964 bits per heavy atom. The minimum atomic E-state index is -0.342. The van der Waals surface area contributed by atoms with Crippen LogP contribution in [0.5, 0.6) is 0 Å². The van der Waals surface area contributed by atoms with Crippen LogP contribution in [-0.4, -0.2) is 20.9 Å². The van der Waals surface area contributed by atoms with Crippen LogP contribution in [0, 0.1) is 6.92 Å². The average molecular weight is 390 g/mol. The number of halogens is 1. The Balaban J connectivity index is 1.62. The number of amides is 1. The number of aromatic nitrogens is 3. The first kappa shape index (κ1) is 17.9. The fourth-order valence-electron chi connectivity index (χ4n) is 2.82. The van der Waals surface area contributed by atoms with Crippen molar-refractivity contribution in [2.45, 2.75) is 6.92 Å². The quantitative estimate of drug-likeness (QED) is 0.514. The van der Waals surface area contributed by atoms with Gasteiger partial charge in [-0.25, -0.2) is 9.97 Å². The number of benzene rings is 2. The summed E-state index contributed by atoms with van der Waals surface area (Å²) in [7, 11) is 0. The van der Waals surface area contributed by atoms with Gasteiger partial charge in [0.2, 0.25) is 5.95 Å². The molecule has 7 heteroatoms. The van der Waals surface area contributed by atoms with Gasteiger partial charge in [0.15, 0.2) is 0 Å². The summed E-state index contributed by atoms with van der Waals surface area (Å²) in [5.41, 5.74) is 2.92. The van der Waals surface area contributed by atoms with E-state index in [0.717, 1.165) is 10.9 Å². The van der Waals surface area contributed by atoms with Gasteiger partial charge < -0.3 is 10.6 Å². The number of carbonyl (C=O) groups excluding carboxylic acids is 1. The third-order valence-electron chi connectivity index (χ3n) is 4.09. The molecule has 4 rings (SSSR count). The zero-order valence-corrected chi connectivity index (χ0v) is 15.7. The Morgan fingerprint density at radius 2 is 1.75 bits per heavy atom. The monoisotopic (exact) mass is 389 g/mol. The van der Waals surface area contributed by atoms with Crippen molar-refractivity contribution in [3.63, 3.8) is 0 Å². The fourth-order valence-corrected chi connectivity index (χ4v) is 3.00. The van der Waals surface area contributed by atoms with E-state index in [0.29, 0.717) is 28.0 Å². The first-order valence-corrected chi connectivity index (χ1v) is 9.00. The van der Waals surface area contributed by atoms with Crippen molar-refractivity contribution in [1.29, 1.82) is 0 Å². The van der Waals surface area contributed by atoms with Gasteiger partial charge in [0.1, 0.15) is 5.69 Å². The lowest BCUT2D eigenvalue weighted by molar-refractivity contribution is 0.102. The molecule has 2 aromatic carbocycles. The van der Waals surface area contributed by atoms with Gasteiger partial charge in [-0.1, -0.05) is 41.9 Å². The van der Waals surface area contributed by atoms with Crippen LogP contribution in [0.4, 0.5) is 17.3 Å². The van der Waals surface area contributed by atoms with Crippen molar-refractivity contribution in [1.82, 2.24) is 15.0 Å². The molecule has 0 spiro atoms. The molecule has 4 aromatic rings. The summed E-state index contributed by atoms with van der Waals surface area (Å²) in [4.78, 5) is 25.8. The third-order valence-corrected chi connectivity index (χ3v) is 4.42. The summed E-state index contributed by atoms with van der Waals surface area (Å²) < 4.78 is 0. The van der Waals surface area contributed by atoms with E-state index in [1.54, 1.807) is 25.3 Å². The van der Waals surface area contributed by atoms with Crippen LogP contribution in [-0.2, 0) is 0 Å². The van der Waals surface area contributed by atoms with Crippen molar-refractivity contribution in [3.05, 3.63) is 83.3 Å². The maximum absolute atomic E-state index is 12.8. The van der Waals surface area contributed by atoms with Crippen LogP contribution in [0.15, 0.2) is 66.9 Å². The molecule has 1 amide bonds. The fraction of sp³-hybridized carbons (Fsp3) is 0.0476. The Labute approximate surface area is 166 Å². The number of aryl methyl sites for hydroxylation is 1. The summed E-state index contributed by atoms with van der Waals surface area (Å²) in [6, 6.07) is 18.3. The standard InChI is InChI=1S/C21H16ClN5O/c1-13-12-18(27-21(24-13)26-16-9-3-2-8-15(16)22)20(28)25-17-10-4-6-14-7-5-11-23-19(14)17/h2-12H,1H3,(H,25,28)(H,24,26,27). The van der Waals surface area contributed by atoms with Gasteiger partial charge in [0.25, 0.3) is 5.91 Å². The molecular weight excluding hydrogens is 374 g/mol. The normalized spacial score (nSPS) is 10.6. The summed E-state index contributed by atoms with van der Waals surface area (Å²) >= 11 is 6.17. The van der Waals surface area contributed by atoms with Crippen molar-refractivity contribution < 1.29 is 4.79 Å². The summed E-state index contributed by atoms with van der Waals surface area (Å²) in [6.07, 6.45) is 1.69. The molecule has 0 aliphatic rings. The molecular formula is C21H16ClN5O. The van der Waals surface area contributed by atoms with E-state index in [1.165, 1.54) is 0 Å². The highest BCUT2D eigenvalue weighted by Gasteiger charge is 2.13. The van der Waals surface area contributed by atoms with Crippen LogP contribution in [0.3, 0.4) is 0 Å². The molecule has 0 aliphatic heterocycles. The molecule has 0 atom stereocenters. The van der Waals surface area contributed by atoms with Gasteiger partial charge in [-0.3, -0.25) is 9.78 Å². The first-order valence-electron chi connectivity index (χ1n) is 8.62. The first-order chi connectivity index (χ1) is 13.6. The Kier molecular flexibility index (Phi) is 4.87. The zero-order valence-electron chi connectivity index (χ0n) is 15.0. The lowest BCUT2D eigenvalue weighted by Crippen LogP contribution is -2.16. The number of pyridine rings is 1. The number of hydrogen-bond donors (Lipinski definition) is 2. The summed E-state index contributed by atoms with van der Waals surface area (Å²) in [6.45, 7) is 1.80. The molecule has 6 nitrogen and oxygen atoms in total. The number of para-hydroxylation sites is 2. The molecule has 138 valence electrons. The molecule has 0 unspecified atom stereocenters. The Bertz CT molecular complexity index is 1170. The zero-order chi connectivity index (χ0) is 19.5. The molecule has 0 saturated heterocycles. The lowest BCUT2D eigenvalue weighted by atomic mass is 10.2. The smallest absolute Gasteiger partial charge is 0.274 e. The number of carbonyl (C=O) groups is 1. The van der Waals surface area contributed by atoms with Crippen LogP contribution in [0.1, 0.15) is 16.2 Å². The summed E-state index contributed by atoms with van der Waals surface area (Å²) in [5, 5.41) is 7.43. The second kappa shape index (κ2) is 7.62. The number of nitrogens with zero attached hydrogens (tertiary/aromatic N) is 3. The van der Waals surface area contributed by atoms with Crippen molar-refractivity contribution in [2.75, 3.05) is 10.6 Å².